The number of carbonyl (C=O) groups excluding carboxylic acids is 2. The summed E-state index contributed by atoms with van der Waals surface area (Å²) in [6, 6.07) is 9.51. The first-order chi connectivity index (χ1) is 23.1. The molecule has 0 saturated heterocycles. The van der Waals surface area contributed by atoms with Crippen molar-refractivity contribution in [2.75, 3.05) is 25.6 Å². The predicted octanol–water partition coefficient (Wildman–Crippen LogP) is 8.46. The SMILES string of the molecule is C=CCCCCCCCCCOc1ccc(-c2cnc(OC(=O)c3cc([N+](=O)[O-])c(OC(=O)[C@H](F)CCCC)cc3N(C)C)cn2)cc1. The van der Waals surface area contributed by atoms with Crippen LogP contribution in [0.15, 0.2) is 61.4 Å². The van der Waals surface area contributed by atoms with Gasteiger partial charge in [0.1, 0.15) is 5.75 Å². The van der Waals surface area contributed by atoms with E-state index < -0.39 is 34.5 Å². The minimum Gasteiger partial charge on any atom is -0.494 e. The zero-order chi connectivity index (χ0) is 34.9. The quantitative estimate of drug-likeness (QED) is 0.0273. The number of nitro groups is 1. The molecule has 0 aliphatic carbocycles. The number of hydrogen-bond acceptors (Lipinski definition) is 10. The van der Waals surface area contributed by atoms with Crippen molar-refractivity contribution in [3.63, 3.8) is 0 Å². The highest BCUT2D eigenvalue weighted by atomic mass is 19.1. The summed E-state index contributed by atoms with van der Waals surface area (Å²) in [7, 11) is 3.17. The number of benzene rings is 2. The molecule has 0 unspecified atom stereocenters. The summed E-state index contributed by atoms with van der Waals surface area (Å²) < 4.78 is 30.6. The molecule has 0 N–H and O–H groups in total. The van der Waals surface area contributed by atoms with Gasteiger partial charge >= 0.3 is 17.6 Å². The second-order valence-electron chi connectivity index (χ2n) is 11.6. The van der Waals surface area contributed by atoms with Gasteiger partial charge in [-0.2, -0.15) is 0 Å². The Morgan fingerprint density at radius 3 is 2.27 bits per heavy atom. The van der Waals surface area contributed by atoms with Gasteiger partial charge in [0.25, 0.3) is 0 Å². The lowest BCUT2D eigenvalue weighted by Gasteiger charge is -2.18. The number of rotatable bonds is 21. The first-order valence-electron chi connectivity index (χ1n) is 16.4. The summed E-state index contributed by atoms with van der Waals surface area (Å²) in [5.74, 6) is -2.03. The fourth-order valence-corrected chi connectivity index (χ4v) is 4.84. The van der Waals surface area contributed by atoms with E-state index in [2.05, 4.69) is 16.5 Å². The summed E-state index contributed by atoms with van der Waals surface area (Å²) >= 11 is 0. The van der Waals surface area contributed by atoms with Crippen LogP contribution in [-0.4, -0.2) is 53.7 Å². The van der Waals surface area contributed by atoms with Crippen LogP contribution in [0.2, 0.25) is 0 Å². The molecule has 0 bridgehead atoms. The van der Waals surface area contributed by atoms with Crippen LogP contribution in [0, 0.1) is 10.1 Å². The van der Waals surface area contributed by atoms with E-state index >= 15 is 0 Å². The average molecular weight is 665 g/mol. The second kappa shape index (κ2) is 19.7. The van der Waals surface area contributed by atoms with Crippen LogP contribution in [0.3, 0.4) is 0 Å². The Hall–Kier alpha value is -4.87. The van der Waals surface area contributed by atoms with E-state index in [1.54, 1.807) is 14.1 Å². The largest absolute Gasteiger partial charge is 0.494 e. The number of allylic oxidation sites excluding steroid dienone is 1. The van der Waals surface area contributed by atoms with Gasteiger partial charge in [-0.15, -0.1) is 6.58 Å². The predicted molar refractivity (Wildman–Crippen MR) is 183 cm³/mol. The smallest absolute Gasteiger partial charge is 0.347 e. The number of halogens is 1. The number of carbonyl (C=O) groups is 2. The number of unbranched alkanes of at least 4 members (excludes halogenated alkanes) is 8. The van der Waals surface area contributed by atoms with Gasteiger partial charge in [-0.25, -0.2) is 23.9 Å². The van der Waals surface area contributed by atoms with E-state index in [1.807, 2.05) is 37.3 Å². The minimum atomic E-state index is -1.93. The number of esters is 2. The Morgan fingerprint density at radius 1 is 0.979 bits per heavy atom. The molecule has 0 spiro atoms. The molecule has 0 fully saturated rings. The highest BCUT2D eigenvalue weighted by Gasteiger charge is 2.29. The molecule has 3 aromatic rings. The summed E-state index contributed by atoms with van der Waals surface area (Å²) in [6.07, 6.45) is 13.3. The third-order valence-electron chi connectivity index (χ3n) is 7.55. The topological polar surface area (TPSA) is 134 Å². The van der Waals surface area contributed by atoms with E-state index in [0.29, 0.717) is 25.1 Å². The molecule has 11 nitrogen and oxygen atoms in total. The zero-order valence-corrected chi connectivity index (χ0v) is 28.0. The number of nitro benzene ring substituents is 1. The first-order valence-corrected chi connectivity index (χ1v) is 16.4. The van der Waals surface area contributed by atoms with Crippen LogP contribution in [0.25, 0.3) is 11.3 Å². The molecule has 1 heterocycles. The summed E-state index contributed by atoms with van der Waals surface area (Å²) in [4.78, 5) is 46.4. The van der Waals surface area contributed by atoms with E-state index in [1.165, 1.54) is 49.4 Å². The Balaban J connectivity index is 1.59. The van der Waals surface area contributed by atoms with Crippen molar-refractivity contribution < 1.29 is 33.1 Å². The fraction of sp³-hybridized carbons (Fsp3) is 0.444. The molecule has 0 radical (unpaired) electrons. The van der Waals surface area contributed by atoms with Crippen LogP contribution < -0.4 is 19.1 Å². The van der Waals surface area contributed by atoms with Gasteiger partial charge in [-0.1, -0.05) is 57.9 Å². The maximum absolute atomic E-state index is 14.2. The second-order valence-corrected chi connectivity index (χ2v) is 11.6. The summed E-state index contributed by atoms with van der Waals surface area (Å²) in [6.45, 7) is 6.25. The van der Waals surface area contributed by atoms with Gasteiger partial charge in [-0.05, 0) is 49.9 Å². The van der Waals surface area contributed by atoms with Crippen LogP contribution in [0.1, 0.15) is 87.9 Å². The molecular weight excluding hydrogens is 619 g/mol. The number of nitrogens with zero attached hydrogens (tertiary/aromatic N) is 4. The highest BCUT2D eigenvalue weighted by molar-refractivity contribution is 5.98. The van der Waals surface area contributed by atoms with Crippen LogP contribution >= 0.6 is 0 Å². The average Bonchev–Trinajstić information content (AvgIpc) is 3.08. The molecule has 0 amide bonds. The standard InChI is InChI=1S/C36H45FN4O7/c1-5-7-9-10-11-12-13-14-15-21-46-27-19-17-26(18-20-27)30-24-39-34(25-38-30)48-35(42)28-22-32(41(44)45)33(23-31(28)40(3)4)47-36(43)29(37)16-8-6-2/h5,17-20,22-25,29H,1,6-16,21H2,2-4H3/t29-/m1/s1. The van der Waals surface area contributed by atoms with Gasteiger partial charge in [-0.3, -0.25) is 10.1 Å². The Labute approximate surface area is 281 Å². The minimum absolute atomic E-state index is 0.0641. The van der Waals surface area contributed by atoms with Crippen molar-refractivity contribution in [2.24, 2.45) is 0 Å². The molecule has 1 atom stereocenters. The van der Waals surface area contributed by atoms with Crippen LogP contribution in [-0.2, 0) is 4.79 Å². The van der Waals surface area contributed by atoms with Crippen molar-refractivity contribution in [3.8, 4) is 28.6 Å². The summed E-state index contributed by atoms with van der Waals surface area (Å²) in [5.41, 5.74) is 0.595. The van der Waals surface area contributed by atoms with E-state index in [4.69, 9.17) is 14.2 Å². The lowest BCUT2D eigenvalue weighted by Crippen LogP contribution is -2.23. The zero-order valence-electron chi connectivity index (χ0n) is 28.0. The lowest BCUT2D eigenvalue weighted by molar-refractivity contribution is -0.385. The van der Waals surface area contributed by atoms with E-state index in [-0.39, 0.29) is 23.6 Å². The fourth-order valence-electron chi connectivity index (χ4n) is 4.84. The van der Waals surface area contributed by atoms with Crippen LogP contribution in [0.5, 0.6) is 17.4 Å². The maximum Gasteiger partial charge on any atom is 0.347 e. The van der Waals surface area contributed by atoms with Crippen molar-refractivity contribution in [2.45, 2.75) is 83.7 Å². The lowest BCUT2D eigenvalue weighted by atomic mass is 10.1. The van der Waals surface area contributed by atoms with Gasteiger partial charge < -0.3 is 19.1 Å². The molecule has 3 rings (SSSR count). The molecule has 258 valence electrons. The first kappa shape index (κ1) is 37.6. The normalized spacial score (nSPS) is 11.4. The van der Waals surface area contributed by atoms with Crippen molar-refractivity contribution in [1.29, 1.82) is 0 Å². The molecule has 2 aromatic carbocycles. The maximum atomic E-state index is 14.2. The van der Waals surface area contributed by atoms with Gasteiger partial charge in [0.05, 0.1) is 40.9 Å². The highest BCUT2D eigenvalue weighted by Crippen LogP contribution is 2.36. The van der Waals surface area contributed by atoms with Gasteiger partial charge in [0.15, 0.2) is 6.17 Å². The van der Waals surface area contributed by atoms with Crippen molar-refractivity contribution in [3.05, 3.63) is 77.1 Å². The third-order valence-corrected chi connectivity index (χ3v) is 7.55. The number of aromatic nitrogens is 2. The monoisotopic (exact) mass is 664 g/mol. The van der Waals surface area contributed by atoms with E-state index in [9.17, 15) is 24.1 Å². The molecule has 0 aliphatic rings. The molecule has 1 aromatic heterocycles. The molecule has 0 saturated carbocycles. The molecule has 12 heteroatoms. The van der Waals surface area contributed by atoms with Crippen molar-refractivity contribution in [1.82, 2.24) is 9.97 Å². The Kier molecular flexibility index (Phi) is 15.4. The summed E-state index contributed by atoms with van der Waals surface area (Å²) in [5, 5.41) is 11.8. The van der Waals surface area contributed by atoms with Gasteiger partial charge in [0, 0.05) is 31.8 Å². The van der Waals surface area contributed by atoms with E-state index in [0.717, 1.165) is 42.7 Å². The molecular formula is C36H45FN4O7. The molecule has 0 aliphatic heterocycles. The number of anilines is 1. The number of alkyl halides is 1. The number of ether oxygens (including phenoxy) is 3. The van der Waals surface area contributed by atoms with Crippen molar-refractivity contribution >= 4 is 23.3 Å². The Bertz CT molecular complexity index is 1500. The number of hydrogen-bond donors (Lipinski definition) is 0. The van der Waals surface area contributed by atoms with Gasteiger partial charge in [0.2, 0.25) is 11.6 Å². The Morgan fingerprint density at radius 2 is 1.67 bits per heavy atom. The third kappa shape index (κ3) is 11.7. The molecule has 48 heavy (non-hydrogen) atoms. The van der Waals surface area contributed by atoms with Crippen LogP contribution in [0.4, 0.5) is 15.8 Å².